The topological polar surface area (TPSA) is 20.2 Å². The predicted molar refractivity (Wildman–Crippen MR) is 89.5 cm³/mol. The van der Waals surface area contributed by atoms with Crippen molar-refractivity contribution in [2.24, 2.45) is 29.1 Å². The average molecular weight is 328 g/mol. The van der Waals surface area contributed by atoms with Crippen molar-refractivity contribution in [1.29, 1.82) is 0 Å². The summed E-state index contributed by atoms with van der Waals surface area (Å²) in [5.74, 6) is -0.278. The number of fused-ring (bicyclic) bond motifs is 3. The molecule has 2 unspecified atom stereocenters. The van der Waals surface area contributed by atoms with Crippen LogP contribution in [0.1, 0.15) is 85.0 Å². The van der Waals surface area contributed by atoms with Gasteiger partial charge in [-0.05, 0) is 81.0 Å². The standard InChI is InChI=1S/C20H34F2O/c1-14-7-13-20(21,22)10-5-4-6-16-15(14)8-11-18(2)17(16)9-12-19(18,3)23/h14-17,23H,4-13H2,1-3H3/t14-,15?,16+,17?,18-,19-/m0/s1. The highest BCUT2D eigenvalue weighted by Crippen LogP contribution is 2.62. The molecule has 3 saturated carbocycles. The van der Waals surface area contributed by atoms with E-state index in [2.05, 4.69) is 13.8 Å². The van der Waals surface area contributed by atoms with Crippen molar-refractivity contribution in [3.8, 4) is 0 Å². The van der Waals surface area contributed by atoms with Gasteiger partial charge in [-0.15, -0.1) is 0 Å². The summed E-state index contributed by atoms with van der Waals surface area (Å²) in [6.07, 6.45) is 7.66. The van der Waals surface area contributed by atoms with Crippen molar-refractivity contribution in [1.82, 2.24) is 0 Å². The van der Waals surface area contributed by atoms with E-state index in [1.54, 1.807) is 0 Å². The molecule has 0 amide bonds. The fraction of sp³-hybridized carbons (Fsp3) is 1.00. The average Bonchev–Trinajstić information content (AvgIpc) is 2.71. The van der Waals surface area contributed by atoms with Gasteiger partial charge in [0.2, 0.25) is 5.92 Å². The summed E-state index contributed by atoms with van der Waals surface area (Å²) in [6.45, 7) is 6.52. The molecule has 1 N–H and O–H groups in total. The zero-order valence-electron chi connectivity index (χ0n) is 15.1. The fourth-order valence-electron chi connectivity index (χ4n) is 6.22. The van der Waals surface area contributed by atoms with Gasteiger partial charge in [-0.3, -0.25) is 0 Å². The van der Waals surface area contributed by atoms with Crippen molar-refractivity contribution >= 4 is 0 Å². The molecule has 3 aliphatic rings. The Bertz CT molecular complexity index is 433. The normalized spacial score (nSPS) is 50.9. The molecule has 3 rings (SSSR count). The van der Waals surface area contributed by atoms with Gasteiger partial charge in [0.1, 0.15) is 0 Å². The second-order valence-corrected chi connectivity index (χ2v) is 9.32. The Balaban J connectivity index is 1.81. The highest BCUT2D eigenvalue weighted by Gasteiger charge is 2.59. The number of rotatable bonds is 0. The minimum Gasteiger partial charge on any atom is -0.390 e. The summed E-state index contributed by atoms with van der Waals surface area (Å²) in [5.41, 5.74) is -0.518. The Labute approximate surface area is 140 Å². The first kappa shape index (κ1) is 17.6. The Morgan fingerprint density at radius 2 is 1.57 bits per heavy atom. The number of hydrogen-bond donors (Lipinski definition) is 1. The molecule has 3 fully saturated rings. The lowest BCUT2D eigenvalue weighted by molar-refractivity contribution is -0.107. The molecule has 0 bridgehead atoms. The Morgan fingerprint density at radius 1 is 0.826 bits per heavy atom. The maximum absolute atomic E-state index is 13.9. The lowest BCUT2D eigenvalue weighted by atomic mass is 9.54. The molecule has 0 spiro atoms. The molecule has 23 heavy (non-hydrogen) atoms. The third-order valence-electron chi connectivity index (χ3n) is 8.08. The van der Waals surface area contributed by atoms with Crippen LogP contribution < -0.4 is 0 Å². The van der Waals surface area contributed by atoms with Crippen molar-refractivity contribution < 1.29 is 13.9 Å². The fourth-order valence-corrected chi connectivity index (χ4v) is 6.22. The molecule has 0 heterocycles. The molecule has 0 aromatic rings. The number of alkyl halides is 2. The maximum atomic E-state index is 13.9. The zero-order valence-corrected chi connectivity index (χ0v) is 15.1. The minimum atomic E-state index is -2.46. The van der Waals surface area contributed by atoms with Gasteiger partial charge in [0, 0.05) is 12.8 Å². The summed E-state index contributed by atoms with van der Waals surface area (Å²) in [5, 5.41) is 10.9. The van der Waals surface area contributed by atoms with Crippen LogP contribution in [-0.4, -0.2) is 16.6 Å². The van der Waals surface area contributed by atoms with E-state index < -0.39 is 11.5 Å². The van der Waals surface area contributed by atoms with Crippen LogP contribution >= 0.6 is 0 Å². The van der Waals surface area contributed by atoms with Crippen LogP contribution in [0.3, 0.4) is 0 Å². The molecule has 1 nitrogen and oxygen atoms in total. The number of aliphatic hydroxyl groups is 1. The molecule has 0 aliphatic heterocycles. The monoisotopic (exact) mass is 328 g/mol. The highest BCUT2D eigenvalue weighted by atomic mass is 19.3. The van der Waals surface area contributed by atoms with Crippen LogP contribution in [0.2, 0.25) is 0 Å². The highest BCUT2D eigenvalue weighted by molar-refractivity contribution is 5.09. The van der Waals surface area contributed by atoms with Crippen LogP contribution in [0, 0.1) is 29.1 Å². The molecule has 0 radical (unpaired) electrons. The van der Waals surface area contributed by atoms with Gasteiger partial charge in [-0.2, -0.15) is 0 Å². The van der Waals surface area contributed by atoms with Crippen LogP contribution in [0.15, 0.2) is 0 Å². The van der Waals surface area contributed by atoms with E-state index in [1.165, 1.54) is 0 Å². The van der Waals surface area contributed by atoms with E-state index in [0.29, 0.717) is 36.5 Å². The van der Waals surface area contributed by atoms with Crippen LogP contribution in [0.25, 0.3) is 0 Å². The lowest BCUT2D eigenvalue weighted by Crippen LogP contribution is -2.50. The largest absolute Gasteiger partial charge is 0.390 e. The van der Waals surface area contributed by atoms with Crippen molar-refractivity contribution in [3.63, 3.8) is 0 Å². The van der Waals surface area contributed by atoms with Gasteiger partial charge >= 0.3 is 0 Å². The molecule has 3 heteroatoms. The van der Waals surface area contributed by atoms with Crippen LogP contribution in [-0.2, 0) is 0 Å². The molecular weight excluding hydrogens is 294 g/mol. The first-order valence-corrected chi connectivity index (χ1v) is 9.76. The van der Waals surface area contributed by atoms with Gasteiger partial charge in [0.25, 0.3) is 0 Å². The third kappa shape index (κ3) is 3.07. The Kier molecular flexibility index (Phi) is 4.57. The molecule has 134 valence electrons. The van der Waals surface area contributed by atoms with E-state index in [-0.39, 0.29) is 18.3 Å². The molecular formula is C20H34F2O. The van der Waals surface area contributed by atoms with Gasteiger partial charge in [-0.25, -0.2) is 8.78 Å². The molecule has 0 aromatic heterocycles. The smallest absolute Gasteiger partial charge is 0.248 e. The van der Waals surface area contributed by atoms with Crippen LogP contribution in [0.5, 0.6) is 0 Å². The van der Waals surface area contributed by atoms with Crippen molar-refractivity contribution in [2.75, 3.05) is 0 Å². The SMILES string of the molecule is C[C@H]1CCC(F)(F)CCCC[C@@H]2C1CC[C@@]1(C)C2CC[C@]1(C)O. The number of hydrogen-bond acceptors (Lipinski definition) is 1. The van der Waals surface area contributed by atoms with E-state index in [4.69, 9.17) is 0 Å². The van der Waals surface area contributed by atoms with Crippen molar-refractivity contribution in [3.05, 3.63) is 0 Å². The maximum Gasteiger partial charge on any atom is 0.248 e. The molecule has 0 aromatic carbocycles. The third-order valence-corrected chi connectivity index (χ3v) is 8.08. The molecule has 0 saturated heterocycles. The first-order chi connectivity index (χ1) is 10.7. The predicted octanol–water partition coefficient (Wildman–Crippen LogP) is 5.81. The summed E-state index contributed by atoms with van der Waals surface area (Å²) >= 11 is 0. The molecule has 6 atom stereocenters. The van der Waals surface area contributed by atoms with Crippen molar-refractivity contribution in [2.45, 2.75) is 96.5 Å². The summed E-state index contributed by atoms with van der Waals surface area (Å²) in [4.78, 5) is 0. The molecule has 3 aliphatic carbocycles. The minimum absolute atomic E-state index is 0.0297. The lowest BCUT2D eigenvalue weighted by Gasteiger charge is -2.52. The van der Waals surface area contributed by atoms with E-state index in [9.17, 15) is 13.9 Å². The summed E-state index contributed by atoms with van der Waals surface area (Å²) < 4.78 is 27.8. The Hall–Kier alpha value is -0.180. The quantitative estimate of drug-likeness (QED) is 0.595. The van der Waals surface area contributed by atoms with E-state index in [0.717, 1.165) is 38.5 Å². The second-order valence-electron chi connectivity index (χ2n) is 9.32. The van der Waals surface area contributed by atoms with Gasteiger partial charge in [0.15, 0.2) is 0 Å². The van der Waals surface area contributed by atoms with Gasteiger partial charge in [-0.1, -0.05) is 20.3 Å². The number of halogens is 2. The summed E-state index contributed by atoms with van der Waals surface area (Å²) in [7, 11) is 0. The zero-order chi connectivity index (χ0) is 16.9. The summed E-state index contributed by atoms with van der Waals surface area (Å²) in [6, 6.07) is 0. The van der Waals surface area contributed by atoms with E-state index in [1.807, 2.05) is 6.92 Å². The van der Waals surface area contributed by atoms with Crippen LogP contribution in [0.4, 0.5) is 8.78 Å². The van der Waals surface area contributed by atoms with Gasteiger partial charge in [0.05, 0.1) is 5.60 Å². The van der Waals surface area contributed by atoms with Gasteiger partial charge < -0.3 is 5.11 Å². The first-order valence-electron chi connectivity index (χ1n) is 9.76. The second kappa shape index (κ2) is 5.97. The van der Waals surface area contributed by atoms with E-state index >= 15 is 0 Å². The Morgan fingerprint density at radius 3 is 2.30 bits per heavy atom.